The van der Waals surface area contributed by atoms with Crippen molar-refractivity contribution in [3.8, 4) is 0 Å². The average Bonchev–Trinajstić information content (AvgIpc) is 2.91. The van der Waals surface area contributed by atoms with E-state index in [2.05, 4.69) is 20.5 Å². The highest BCUT2D eigenvalue weighted by molar-refractivity contribution is 7.13. The molecule has 0 bridgehead atoms. The summed E-state index contributed by atoms with van der Waals surface area (Å²) >= 11 is 1.45. The monoisotopic (exact) mass is 280 g/mol. The normalized spacial score (nSPS) is 10.5. The van der Waals surface area contributed by atoms with Crippen molar-refractivity contribution in [2.45, 2.75) is 27.2 Å². The predicted octanol–water partition coefficient (Wildman–Crippen LogP) is 2.33. The number of aryl methyl sites for hydroxylation is 2. The van der Waals surface area contributed by atoms with Crippen LogP contribution in [0.4, 0.5) is 10.8 Å². The Morgan fingerprint density at radius 1 is 1.53 bits per heavy atom. The molecule has 0 saturated heterocycles. The van der Waals surface area contributed by atoms with E-state index in [1.165, 1.54) is 11.3 Å². The fraction of sp³-hybridized carbons (Fsp3) is 0.417. The van der Waals surface area contributed by atoms with Crippen molar-refractivity contribution in [2.24, 2.45) is 0 Å². The van der Waals surface area contributed by atoms with Crippen LogP contribution >= 0.6 is 11.3 Å². The van der Waals surface area contributed by atoms with Gasteiger partial charge in [0.2, 0.25) is 0 Å². The van der Waals surface area contributed by atoms with Gasteiger partial charge in [-0.25, -0.2) is 4.98 Å². The van der Waals surface area contributed by atoms with Gasteiger partial charge in [-0.1, -0.05) is 0 Å². The van der Waals surface area contributed by atoms with Crippen LogP contribution in [-0.4, -0.2) is 27.8 Å². The number of thiazole rings is 1. The Hall–Kier alpha value is -1.89. The third kappa shape index (κ3) is 3.31. The van der Waals surface area contributed by atoms with Gasteiger partial charge in [0.15, 0.2) is 5.13 Å². The number of nitrogens with zero attached hydrogens (tertiary/aromatic N) is 2. The number of H-pyrrole nitrogens is 1. The Balaban J connectivity index is 2.03. The molecule has 0 aliphatic heterocycles. The van der Waals surface area contributed by atoms with Gasteiger partial charge in [0, 0.05) is 5.38 Å². The van der Waals surface area contributed by atoms with Gasteiger partial charge in [0.25, 0.3) is 0 Å². The van der Waals surface area contributed by atoms with E-state index in [4.69, 9.17) is 4.74 Å². The molecule has 2 aromatic rings. The van der Waals surface area contributed by atoms with Crippen molar-refractivity contribution in [1.82, 2.24) is 15.2 Å². The molecule has 2 N–H and O–H groups in total. The second-order valence-corrected chi connectivity index (χ2v) is 4.92. The lowest BCUT2D eigenvalue weighted by Crippen LogP contribution is -2.07. The highest BCUT2D eigenvalue weighted by Crippen LogP contribution is 2.25. The van der Waals surface area contributed by atoms with Crippen LogP contribution in [0.2, 0.25) is 0 Å². The van der Waals surface area contributed by atoms with Crippen LogP contribution in [-0.2, 0) is 16.0 Å². The van der Waals surface area contributed by atoms with E-state index in [1.54, 1.807) is 6.92 Å². The summed E-state index contributed by atoms with van der Waals surface area (Å²) in [5, 5.41) is 12.8. The molecular formula is C12H16N4O2S. The van der Waals surface area contributed by atoms with Gasteiger partial charge in [0.05, 0.1) is 35.8 Å². The molecule has 0 aliphatic carbocycles. The standard InChI is InChI=1S/C12H16N4O2S/c1-4-18-10(17)5-9-6-19-12(13-9)14-11-7(2)15-16-8(11)3/h6H,4-5H2,1-3H3,(H,13,14)(H,15,16). The molecule has 0 amide bonds. The van der Waals surface area contributed by atoms with Crippen LogP contribution in [0.3, 0.4) is 0 Å². The van der Waals surface area contributed by atoms with Gasteiger partial charge >= 0.3 is 5.97 Å². The number of hydrogen-bond donors (Lipinski definition) is 2. The molecule has 0 fully saturated rings. The average molecular weight is 280 g/mol. The van der Waals surface area contributed by atoms with E-state index >= 15 is 0 Å². The van der Waals surface area contributed by atoms with Crippen molar-refractivity contribution in [1.29, 1.82) is 0 Å². The van der Waals surface area contributed by atoms with Gasteiger partial charge in [-0.05, 0) is 20.8 Å². The van der Waals surface area contributed by atoms with Crippen LogP contribution in [0, 0.1) is 13.8 Å². The summed E-state index contributed by atoms with van der Waals surface area (Å²) in [7, 11) is 0. The number of esters is 1. The van der Waals surface area contributed by atoms with Crippen molar-refractivity contribution in [2.75, 3.05) is 11.9 Å². The Bertz CT molecular complexity index is 557. The first-order valence-electron chi connectivity index (χ1n) is 5.98. The second-order valence-electron chi connectivity index (χ2n) is 4.06. The van der Waals surface area contributed by atoms with Crippen LogP contribution < -0.4 is 5.32 Å². The summed E-state index contributed by atoms with van der Waals surface area (Å²) < 4.78 is 4.89. The Morgan fingerprint density at radius 3 is 2.95 bits per heavy atom. The smallest absolute Gasteiger partial charge is 0.311 e. The molecular weight excluding hydrogens is 264 g/mol. The quantitative estimate of drug-likeness (QED) is 0.822. The van der Waals surface area contributed by atoms with E-state index in [0.717, 1.165) is 22.2 Å². The molecule has 19 heavy (non-hydrogen) atoms. The number of nitrogens with one attached hydrogen (secondary N) is 2. The fourth-order valence-electron chi connectivity index (χ4n) is 1.65. The topological polar surface area (TPSA) is 79.9 Å². The zero-order chi connectivity index (χ0) is 13.8. The summed E-state index contributed by atoms with van der Waals surface area (Å²) in [6, 6.07) is 0. The first kappa shape index (κ1) is 13.5. The molecule has 0 unspecified atom stereocenters. The van der Waals surface area contributed by atoms with Crippen LogP contribution in [0.15, 0.2) is 5.38 Å². The first-order chi connectivity index (χ1) is 9.10. The number of aromatic nitrogens is 3. The lowest BCUT2D eigenvalue weighted by Gasteiger charge is -2.01. The third-order valence-electron chi connectivity index (χ3n) is 2.54. The summed E-state index contributed by atoms with van der Waals surface area (Å²) in [5.41, 5.74) is 3.49. The van der Waals surface area contributed by atoms with E-state index in [1.807, 2.05) is 19.2 Å². The molecule has 0 atom stereocenters. The number of rotatable bonds is 5. The molecule has 2 heterocycles. The maximum Gasteiger partial charge on any atom is 0.311 e. The lowest BCUT2D eigenvalue weighted by molar-refractivity contribution is -0.142. The van der Waals surface area contributed by atoms with Gasteiger partial charge < -0.3 is 10.1 Å². The summed E-state index contributed by atoms with van der Waals surface area (Å²) in [6.45, 7) is 6.03. The van der Waals surface area contributed by atoms with E-state index in [-0.39, 0.29) is 12.4 Å². The molecule has 0 saturated carbocycles. The fourth-order valence-corrected chi connectivity index (χ4v) is 2.36. The zero-order valence-corrected chi connectivity index (χ0v) is 11.9. The van der Waals surface area contributed by atoms with Crippen molar-refractivity contribution in [3.63, 3.8) is 0 Å². The van der Waals surface area contributed by atoms with Crippen LogP contribution in [0.5, 0.6) is 0 Å². The molecule has 102 valence electrons. The van der Waals surface area contributed by atoms with Crippen LogP contribution in [0.25, 0.3) is 0 Å². The maximum absolute atomic E-state index is 11.4. The Labute approximate surface area is 115 Å². The summed E-state index contributed by atoms with van der Waals surface area (Å²) in [6.07, 6.45) is 0.204. The summed E-state index contributed by atoms with van der Waals surface area (Å²) in [4.78, 5) is 15.7. The largest absolute Gasteiger partial charge is 0.466 e. The van der Waals surface area contributed by atoms with E-state index in [0.29, 0.717) is 12.3 Å². The molecule has 0 aromatic carbocycles. The molecule has 0 radical (unpaired) electrons. The molecule has 0 aliphatic rings. The number of aromatic amines is 1. The number of carbonyl (C=O) groups excluding carboxylic acids is 1. The van der Waals surface area contributed by atoms with E-state index < -0.39 is 0 Å². The number of carbonyl (C=O) groups is 1. The van der Waals surface area contributed by atoms with Crippen molar-refractivity contribution < 1.29 is 9.53 Å². The van der Waals surface area contributed by atoms with Gasteiger partial charge in [-0.2, -0.15) is 5.10 Å². The number of anilines is 2. The van der Waals surface area contributed by atoms with Gasteiger partial charge in [-0.15, -0.1) is 11.3 Å². The zero-order valence-electron chi connectivity index (χ0n) is 11.1. The van der Waals surface area contributed by atoms with Gasteiger partial charge in [0.1, 0.15) is 0 Å². The van der Waals surface area contributed by atoms with E-state index in [9.17, 15) is 4.79 Å². The maximum atomic E-state index is 11.4. The van der Waals surface area contributed by atoms with Crippen LogP contribution in [0.1, 0.15) is 24.0 Å². The first-order valence-corrected chi connectivity index (χ1v) is 6.86. The molecule has 0 spiro atoms. The highest BCUT2D eigenvalue weighted by atomic mass is 32.1. The molecule has 6 nitrogen and oxygen atoms in total. The minimum atomic E-state index is -0.255. The van der Waals surface area contributed by atoms with Crippen molar-refractivity contribution >= 4 is 28.1 Å². The molecule has 2 rings (SSSR count). The molecule has 7 heteroatoms. The Kier molecular flexibility index (Phi) is 4.16. The number of ether oxygens (including phenoxy) is 1. The SMILES string of the molecule is CCOC(=O)Cc1csc(Nc2c(C)n[nH]c2C)n1. The minimum absolute atomic E-state index is 0.204. The molecule has 2 aromatic heterocycles. The Morgan fingerprint density at radius 2 is 2.32 bits per heavy atom. The van der Waals surface area contributed by atoms with Gasteiger partial charge in [-0.3, -0.25) is 9.89 Å². The lowest BCUT2D eigenvalue weighted by atomic mass is 10.3. The predicted molar refractivity (Wildman–Crippen MR) is 73.8 cm³/mol. The minimum Gasteiger partial charge on any atom is -0.466 e. The number of hydrogen-bond acceptors (Lipinski definition) is 6. The summed E-state index contributed by atoms with van der Waals surface area (Å²) in [5.74, 6) is -0.255. The third-order valence-corrected chi connectivity index (χ3v) is 3.35. The second kappa shape index (κ2) is 5.83. The van der Waals surface area contributed by atoms with Crippen molar-refractivity contribution in [3.05, 3.63) is 22.5 Å². The highest BCUT2D eigenvalue weighted by Gasteiger charge is 2.11.